The Morgan fingerprint density at radius 2 is 1.86 bits per heavy atom. The summed E-state index contributed by atoms with van der Waals surface area (Å²) in [4.78, 5) is 12.9. The van der Waals surface area contributed by atoms with Gasteiger partial charge in [0.1, 0.15) is 0 Å². The summed E-state index contributed by atoms with van der Waals surface area (Å²) < 4.78 is 5.07. The lowest BCUT2D eigenvalue weighted by molar-refractivity contribution is -0.139. The molecule has 4 heteroatoms. The smallest absolute Gasteiger partial charge is 0.317 e. The second kappa shape index (κ2) is 7.57. The quantitative estimate of drug-likeness (QED) is 0.839. The maximum absolute atomic E-state index is 11.0. The van der Waals surface area contributed by atoms with Gasteiger partial charge in [0.15, 0.2) is 0 Å². The number of hydrogen-bond donors (Lipinski definition) is 1. The highest BCUT2D eigenvalue weighted by molar-refractivity contribution is 5.69. The van der Waals surface area contributed by atoms with E-state index in [-0.39, 0.29) is 18.0 Å². The standard InChI is InChI=1S/C17H27NO3/c1-13(18(10-11-21-5)12-16(19)20)14-6-8-15(9-7-14)17(2,3)4/h6-9,13H,10-12H2,1-5H3,(H,19,20). The second-order valence-corrected chi connectivity index (χ2v) is 6.40. The Kier molecular flexibility index (Phi) is 6.37. The minimum Gasteiger partial charge on any atom is -0.480 e. The first kappa shape index (κ1) is 17.7. The summed E-state index contributed by atoms with van der Waals surface area (Å²) in [6.07, 6.45) is 0. The van der Waals surface area contributed by atoms with Crippen molar-refractivity contribution in [2.45, 2.75) is 39.2 Å². The van der Waals surface area contributed by atoms with Gasteiger partial charge in [0, 0.05) is 19.7 Å². The van der Waals surface area contributed by atoms with Crippen molar-refractivity contribution in [2.24, 2.45) is 0 Å². The van der Waals surface area contributed by atoms with E-state index in [4.69, 9.17) is 9.84 Å². The van der Waals surface area contributed by atoms with Gasteiger partial charge in [-0.25, -0.2) is 0 Å². The molecule has 0 heterocycles. The molecule has 118 valence electrons. The van der Waals surface area contributed by atoms with E-state index >= 15 is 0 Å². The fraction of sp³-hybridized carbons (Fsp3) is 0.588. The van der Waals surface area contributed by atoms with Crippen LogP contribution in [0.1, 0.15) is 44.9 Å². The van der Waals surface area contributed by atoms with Gasteiger partial charge in [0.05, 0.1) is 13.2 Å². The Bertz CT molecular complexity index is 448. The molecular formula is C17H27NO3. The number of ether oxygens (including phenoxy) is 1. The molecule has 1 N–H and O–H groups in total. The predicted molar refractivity (Wildman–Crippen MR) is 84.6 cm³/mol. The number of methoxy groups -OCH3 is 1. The SMILES string of the molecule is COCCN(CC(=O)O)C(C)c1ccc(C(C)(C)C)cc1. The van der Waals surface area contributed by atoms with Crippen LogP contribution in [-0.4, -0.2) is 42.8 Å². The van der Waals surface area contributed by atoms with Gasteiger partial charge < -0.3 is 9.84 Å². The molecule has 0 aliphatic rings. The first-order valence-electron chi connectivity index (χ1n) is 7.31. The number of carboxylic acids is 1. The molecule has 0 aromatic heterocycles. The maximum atomic E-state index is 11.0. The van der Waals surface area contributed by atoms with E-state index in [0.29, 0.717) is 13.2 Å². The van der Waals surface area contributed by atoms with Crippen LogP contribution in [0.15, 0.2) is 24.3 Å². The van der Waals surface area contributed by atoms with Gasteiger partial charge in [-0.05, 0) is 23.5 Å². The number of carbonyl (C=O) groups is 1. The Hall–Kier alpha value is -1.39. The van der Waals surface area contributed by atoms with Crippen molar-refractivity contribution in [2.75, 3.05) is 26.8 Å². The fourth-order valence-electron chi connectivity index (χ4n) is 2.26. The Labute approximate surface area is 127 Å². The Balaban J connectivity index is 2.87. The molecule has 1 atom stereocenters. The molecular weight excluding hydrogens is 266 g/mol. The topological polar surface area (TPSA) is 49.8 Å². The Morgan fingerprint density at radius 1 is 1.29 bits per heavy atom. The van der Waals surface area contributed by atoms with Crippen LogP contribution in [0.4, 0.5) is 0 Å². The van der Waals surface area contributed by atoms with E-state index in [1.54, 1.807) is 7.11 Å². The van der Waals surface area contributed by atoms with Crippen molar-refractivity contribution >= 4 is 5.97 Å². The number of hydrogen-bond acceptors (Lipinski definition) is 3. The lowest BCUT2D eigenvalue weighted by Crippen LogP contribution is -2.35. The molecule has 0 aliphatic heterocycles. The van der Waals surface area contributed by atoms with Crippen molar-refractivity contribution in [1.82, 2.24) is 4.90 Å². The van der Waals surface area contributed by atoms with Crippen LogP contribution < -0.4 is 0 Å². The first-order chi connectivity index (χ1) is 9.75. The summed E-state index contributed by atoms with van der Waals surface area (Å²) in [5.74, 6) is -0.815. The molecule has 0 amide bonds. The maximum Gasteiger partial charge on any atom is 0.317 e. The summed E-state index contributed by atoms with van der Waals surface area (Å²) in [5, 5.41) is 9.05. The number of carboxylic acid groups (broad SMARTS) is 1. The third-order valence-electron chi connectivity index (χ3n) is 3.73. The minimum atomic E-state index is -0.815. The fourth-order valence-corrected chi connectivity index (χ4v) is 2.26. The van der Waals surface area contributed by atoms with E-state index < -0.39 is 5.97 Å². The van der Waals surface area contributed by atoms with Gasteiger partial charge in [-0.3, -0.25) is 9.69 Å². The Morgan fingerprint density at radius 3 is 2.29 bits per heavy atom. The molecule has 0 spiro atoms. The van der Waals surface area contributed by atoms with Crippen LogP contribution in [-0.2, 0) is 14.9 Å². The van der Waals surface area contributed by atoms with E-state index in [9.17, 15) is 4.79 Å². The van der Waals surface area contributed by atoms with E-state index in [1.807, 2.05) is 11.8 Å². The predicted octanol–water partition coefficient (Wildman–Crippen LogP) is 3.08. The van der Waals surface area contributed by atoms with Gasteiger partial charge in [-0.1, -0.05) is 45.0 Å². The molecule has 0 bridgehead atoms. The van der Waals surface area contributed by atoms with Gasteiger partial charge in [0.25, 0.3) is 0 Å². The molecule has 1 rings (SSSR count). The molecule has 0 radical (unpaired) electrons. The average Bonchev–Trinajstić information content (AvgIpc) is 2.41. The highest BCUT2D eigenvalue weighted by Crippen LogP contribution is 2.25. The third-order valence-corrected chi connectivity index (χ3v) is 3.73. The third kappa shape index (κ3) is 5.48. The van der Waals surface area contributed by atoms with Crippen molar-refractivity contribution in [3.05, 3.63) is 35.4 Å². The van der Waals surface area contributed by atoms with Gasteiger partial charge in [0.2, 0.25) is 0 Å². The molecule has 1 aromatic carbocycles. The number of nitrogens with zero attached hydrogens (tertiary/aromatic N) is 1. The summed E-state index contributed by atoms with van der Waals surface area (Å²) in [6, 6.07) is 8.48. The highest BCUT2D eigenvalue weighted by atomic mass is 16.5. The minimum absolute atomic E-state index is 0.0194. The van der Waals surface area contributed by atoms with Crippen LogP contribution >= 0.6 is 0 Å². The molecule has 1 aromatic rings. The molecule has 21 heavy (non-hydrogen) atoms. The average molecular weight is 293 g/mol. The molecule has 4 nitrogen and oxygen atoms in total. The van der Waals surface area contributed by atoms with E-state index in [1.165, 1.54) is 5.56 Å². The summed E-state index contributed by atoms with van der Waals surface area (Å²) in [5.41, 5.74) is 2.53. The summed E-state index contributed by atoms with van der Waals surface area (Å²) in [7, 11) is 1.63. The van der Waals surface area contributed by atoms with Gasteiger partial charge in [-0.2, -0.15) is 0 Å². The lowest BCUT2D eigenvalue weighted by atomic mass is 9.86. The second-order valence-electron chi connectivity index (χ2n) is 6.40. The summed E-state index contributed by atoms with van der Waals surface area (Å²) >= 11 is 0. The molecule has 0 saturated heterocycles. The van der Waals surface area contributed by atoms with E-state index in [0.717, 1.165) is 5.56 Å². The zero-order chi connectivity index (χ0) is 16.0. The van der Waals surface area contributed by atoms with Crippen LogP contribution in [0.25, 0.3) is 0 Å². The zero-order valence-corrected chi connectivity index (χ0v) is 13.7. The zero-order valence-electron chi connectivity index (χ0n) is 13.7. The van der Waals surface area contributed by atoms with Crippen LogP contribution in [0.5, 0.6) is 0 Å². The van der Waals surface area contributed by atoms with Crippen molar-refractivity contribution in [3.63, 3.8) is 0 Å². The molecule has 0 fully saturated rings. The normalized spacial score (nSPS) is 13.4. The number of aliphatic carboxylic acids is 1. The van der Waals surface area contributed by atoms with Gasteiger partial charge in [-0.15, -0.1) is 0 Å². The lowest BCUT2D eigenvalue weighted by Gasteiger charge is -2.28. The van der Waals surface area contributed by atoms with Crippen molar-refractivity contribution in [1.29, 1.82) is 0 Å². The number of benzene rings is 1. The largest absolute Gasteiger partial charge is 0.480 e. The van der Waals surface area contributed by atoms with Crippen LogP contribution in [0.2, 0.25) is 0 Å². The van der Waals surface area contributed by atoms with Crippen LogP contribution in [0, 0.1) is 0 Å². The number of rotatable bonds is 7. The molecule has 0 aliphatic carbocycles. The van der Waals surface area contributed by atoms with E-state index in [2.05, 4.69) is 45.0 Å². The molecule has 0 saturated carbocycles. The monoisotopic (exact) mass is 293 g/mol. The highest BCUT2D eigenvalue weighted by Gasteiger charge is 2.19. The first-order valence-corrected chi connectivity index (χ1v) is 7.31. The van der Waals surface area contributed by atoms with Crippen LogP contribution in [0.3, 0.4) is 0 Å². The van der Waals surface area contributed by atoms with Gasteiger partial charge >= 0.3 is 5.97 Å². The summed E-state index contributed by atoms with van der Waals surface area (Å²) in [6.45, 7) is 9.72. The molecule has 1 unspecified atom stereocenters. The van der Waals surface area contributed by atoms with Crippen molar-refractivity contribution in [3.8, 4) is 0 Å². The van der Waals surface area contributed by atoms with Crippen molar-refractivity contribution < 1.29 is 14.6 Å².